The van der Waals surface area contributed by atoms with Crippen molar-refractivity contribution >= 4 is 17.3 Å². The summed E-state index contributed by atoms with van der Waals surface area (Å²) in [5.41, 5.74) is 2.91. The van der Waals surface area contributed by atoms with Gasteiger partial charge in [-0.1, -0.05) is 37.1 Å². The first-order valence-corrected chi connectivity index (χ1v) is 7.33. The van der Waals surface area contributed by atoms with Gasteiger partial charge >= 0.3 is 0 Å². The lowest BCUT2D eigenvalue weighted by molar-refractivity contribution is 0.613. The molecule has 0 heterocycles. The Morgan fingerprint density at radius 2 is 1.85 bits per heavy atom. The molecule has 0 aliphatic carbocycles. The normalized spacial score (nSPS) is 10.6. The minimum Gasteiger partial charge on any atom is -0.381 e. The Hall–Kier alpha value is -1.54. The van der Waals surface area contributed by atoms with E-state index < -0.39 is 0 Å². The first-order valence-electron chi connectivity index (χ1n) is 6.96. The summed E-state index contributed by atoms with van der Waals surface area (Å²) in [5.74, 6) is -0.235. The van der Waals surface area contributed by atoms with Gasteiger partial charge in [-0.3, -0.25) is 0 Å². The standard InChI is InChI=1S/C17H19ClFN/c1-2-3-4-13-5-8-16(9-6-13)20-12-14-11-15(18)7-10-17(14)19/h5-11,20H,2-4,12H2,1H3. The summed E-state index contributed by atoms with van der Waals surface area (Å²) in [7, 11) is 0. The molecule has 106 valence electrons. The molecule has 0 spiro atoms. The third kappa shape index (κ3) is 4.24. The Kier molecular flexibility index (Phi) is 5.42. The summed E-state index contributed by atoms with van der Waals surface area (Å²) in [4.78, 5) is 0. The van der Waals surface area contributed by atoms with Gasteiger partial charge in [0.15, 0.2) is 0 Å². The summed E-state index contributed by atoms with van der Waals surface area (Å²) >= 11 is 5.87. The van der Waals surface area contributed by atoms with Gasteiger partial charge in [0.1, 0.15) is 5.82 Å². The lowest BCUT2D eigenvalue weighted by Crippen LogP contribution is -2.01. The third-order valence-corrected chi connectivity index (χ3v) is 3.50. The molecule has 0 aromatic heterocycles. The zero-order chi connectivity index (χ0) is 14.4. The number of hydrogen-bond donors (Lipinski definition) is 1. The van der Waals surface area contributed by atoms with Crippen molar-refractivity contribution < 1.29 is 4.39 Å². The molecule has 0 radical (unpaired) electrons. The zero-order valence-corrected chi connectivity index (χ0v) is 12.4. The first-order chi connectivity index (χ1) is 9.69. The topological polar surface area (TPSA) is 12.0 Å². The number of anilines is 1. The van der Waals surface area contributed by atoms with Crippen LogP contribution in [0.1, 0.15) is 30.9 Å². The summed E-state index contributed by atoms with van der Waals surface area (Å²) in [6.07, 6.45) is 3.52. The number of halogens is 2. The Morgan fingerprint density at radius 3 is 2.55 bits per heavy atom. The highest BCUT2D eigenvalue weighted by molar-refractivity contribution is 6.30. The number of rotatable bonds is 6. The lowest BCUT2D eigenvalue weighted by atomic mass is 10.1. The van der Waals surface area contributed by atoms with Gasteiger partial charge in [0, 0.05) is 22.8 Å². The van der Waals surface area contributed by atoms with E-state index in [2.05, 4.69) is 24.4 Å². The molecule has 1 N–H and O–H groups in total. The molecule has 0 saturated carbocycles. The van der Waals surface area contributed by atoms with E-state index in [0.717, 1.165) is 12.1 Å². The van der Waals surface area contributed by atoms with Crippen LogP contribution in [0.15, 0.2) is 42.5 Å². The average Bonchev–Trinajstić information content (AvgIpc) is 2.47. The van der Waals surface area contributed by atoms with Gasteiger partial charge in [-0.25, -0.2) is 4.39 Å². The number of unbranched alkanes of at least 4 members (excludes halogenated alkanes) is 1. The highest BCUT2D eigenvalue weighted by Crippen LogP contribution is 2.17. The van der Waals surface area contributed by atoms with Crippen LogP contribution in [-0.2, 0) is 13.0 Å². The molecular formula is C17H19ClFN. The highest BCUT2D eigenvalue weighted by Gasteiger charge is 2.03. The van der Waals surface area contributed by atoms with Crippen molar-refractivity contribution in [3.8, 4) is 0 Å². The molecule has 0 aliphatic heterocycles. The number of nitrogens with one attached hydrogen (secondary N) is 1. The van der Waals surface area contributed by atoms with Gasteiger partial charge in [0.2, 0.25) is 0 Å². The predicted octanol–water partition coefficient (Wildman–Crippen LogP) is 5.43. The number of benzene rings is 2. The summed E-state index contributed by atoms with van der Waals surface area (Å²) in [5, 5.41) is 3.77. The molecule has 0 fully saturated rings. The van der Waals surface area contributed by atoms with Gasteiger partial charge in [0.05, 0.1) is 0 Å². The van der Waals surface area contributed by atoms with Crippen molar-refractivity contribution in [2.45, 2.75) is 32.7 Å². The van der Waals surface area contributed by atoms with Gasteiger partial charge in [-0.05, 0) is 48.7 Å². The second-order valence-electron chi connectivity index (χ2n) is 4.89. The fraction of sp³-hybridized carbons (Fsp3) is 0.294. The largest absolute Gasteiger partial charge is 0.381 e. The molecule has 2 aromatic rings. The fourth-order valence-electron chi connectivity index (χ4n) is 2.05. The summed E-state index contributed by atoms with van der Waals surface area (Å²) in [6.45, 7) is 2.62. The molecule has 2 aromatic carbocycles. The Balaban J connectivity index is 1.95. The predicted molar refractivity (Wildman–Crippen MR) is 83.8 cm³/mol. The Bertz CT molecular complexity index is 551. The van der Waals surface area contributed by atoms with E-state index in [1.54, 1.807) is 12.1 Å². The summed E-state index contributed by atoms with van der Waals surface area (Å²) in [6, 6.07) is 12.9. The molecule has 0 atom stereocenters. The van der Waals surface area contributed by atoms with Crippen molar-refractivity contribution in [3.63, 3.8) is 0 Å². The molecule has 1 nitrogen and oxygen atoms in total. The van der Waals surface area contributed by atoms with Gasteiger partial charge in [-0.2, -0.15) is 0 Å². The zero-order valence-electron chi connectivity index (χ0n) is 11.6. The van der Waals surface area contributed by atoms with Crippen LogP contribution < -0.4 is 5.32 Å². The molecule has 3 heteroatoms. The smallest absolute Gasteiger partial charge is 0.128 e. The molecule has 20 heavy (non-hydrogen) atoms. The van der Waals surface area contributed by atoms with E-state index in [9.17, 15) is 4.39 Å². The van der Waals surface area contributed by atoms with E-state index >= 15 is 0 Å². The van der Waals surface area contributed by atoms with Crippen LogP contribution in [0.5, 0.6) is 0 Å². The maximum absolute atomic E-state index is 13.6. The average molecular weight is 292 g/mol. The Labute approximate surface area is 124 Å². The van der Waals surface area contributed by atoms with Crippen LogP contribution in [0.25, 0.3) is 0 Å². The van der Waals surface area contributed by atoms with Gasteiger partial charge in [-0.15, -0.1) is 0 Å². The van der Waals surface area contributed by atoms with Crippen LogP contribution in [0.3, 0.4) is 0 Å². The number of aryl methyl sites for hydroxylation is 1. The molecule has 0 amide bonds. The van der Waals surface area contributed by atoms with Crippen LogP contribution in [0, 0.1) is 5.82 Å². The summed E-state index contributed by atoms with van der Waals surface area (Å²) < 4.78 is 13.6. The SMILES string of the molecule is CCCCc1ccc(NCc2cc(Cl)ccc2F)cc1. The van der Waals surface area contributed by atoms with Gasteiger partial charge < -0.3 is 5.32 Å². The fourth-order valence-corrected chi connectivity index (χ4v) is 2.24. The molecule has 0 saturated heterocycles. The van der Waals surface area contributed by atoms with Crippen molar-refractivity contribution in [1.82, 2.24) is 0 Å². The van der Waals surface area contributed by atoms with Crippen LogP contribution >= 0.6 is 11.6 Å². The van der Waals surface area contributed by atoms with E-state index in [4.69, 9.17) is 11.6 Å². The molecule has 0 aliphatic rings. The first kappa shape index (κ1) is 14.9. The maximum atomic E-state index is 13.6. The monoisotopic (exact) mass is 291 g/mol. The van der Waals surface area contributed by atoms with Crippen LogP contribution in [0.2, 0.25) is 5.02 Å². The molecule has 0 unspecified atom stereocenters. The minimum atomic E-state index is -0.235. The highest BCUT2D eigenvalue weighted by atomic mass is 35.5. The van der Waals surface area contributed by atoms with E-state index in [0.29, 0.717) is 17.1 Å². The molecule has 2 rings (SSSR count). The Morgan fingerprint density at radius 1 is 1.10 bits per heavy atom. The van der Waals surface area contributed by atoms with E-state index in [1.807, 2.05) is 12.1 Å². The van der Waals surface area contributed by atoms with Crippen molar-refractivity contribution in [1.29, 1.82) is 0 Å². The molecule has 0 bridgehead atoms. The van der Waals surface area contributed by atoms with Crippen molar-refractivity contribution in [2.24, 2.45) is 0 Å². The molecular weight excluding hydrogens is 273 g/mol. The van der Waals surface area contributed by atoms with Gasteiger partial charge in [0.25, 0.3) is 0 Å². The third-order valence-electron chi connectivity index (χ3n) is 3.26. The lowest BCUT2D eigenvalue weighted by Gasteiger charge is -2.09. The van der Waals surface area contributed by atoms with Crippen molar-refractivity contribution in [2.75, 3.05) is 5.32 Å². The van der Waals surface area contributed by atoms with E-state index in [1.165, 1.54) is 24.5 Å². The second-order valence-corrected chi connectivity index (χ2v) is 5.33. The maximum Gasteiger partial charge on any atom is 0.128 e. The van der Waals surface area contributed by atoms with Crippen LogP contribution in [0.4, 0.5) is 10.1 Å². The van der Waals surface area contributed by atoms with Crippen molar-refractivity contribution in [3.05, 3.63) is 64.4 Å². The minimum absolute atomic E-state index is 0.235. The second kappa shape index (κ2) is 7.30. The van der Waals surface area contributed by atoms with Crippen LogP contribution in [-0.4, -0.2) is 0 Å². The van der Waals surface area contributed by atoms with E-state index in [-0.39, 0.29) is 5.82 Å². The quantitative estimate of drug-likeness (QED) is 0.748. The number of hydrogen-bond acceptors (Lipinski definition) is 1.